The predicted molar refractivity (Wildman–Crippen MR) is 257 cm³/mol. The summed E-state index contributed by atoms with van der Waals surface area (Å²) in [6.45, 7) is 6.68. The van der Waals surface area contributed by atoms with Gasteiger partial charge in [0.2, 0.25) is 0 Å². The molecule has 60 heavy (non-hydrogen) atoms. The van der Waals surface area contributed by atoms with Gasteiger partial charge in [-0.2, -0.15) is 0 Å². The maximum atomic E-state index is 12.8. The van der Waals surface area contributed by atoms with Gasteiger partial charge >= 0.3 is 17.9 Å². The summed E-state index contributed by atoms with van der Waals surface area (Å²) < 4.78 is 16.8. The number of carbonyl (C=O) groups is 3. The number of hydrogen-bond acceptors (Lipinski definition) is 6. The van der Waals surface area contributed by atoms with E-state index in [-0.39, 0.29) is 31.1 Å². The first-order valence-electron chi connectivity index (χ1n) is 27.0. The van der Waals surface area contributed by atoms with Crippen LogP contribution in [0.25, 0.3) is 0 Å². The number of carbonyl (C=O) groups excluding carboxylic acids is 3. The normalized spacial score (nSPS) is 11.8. The molecular weight excluding hydrogens is 745 g/mol. The summed E-state index contributed by atoms with van der Waals surface area (Å²) in [6.07, 6.45) is 53.7. The van der Waals surface area contributed by atoms with Crippen molar-refractivity contribution < 1.29 is 28.6 Å². The van der Waals surface area contributed by atoms with Gasteiger partial charge in [0.15, 0.2) is 6.10 Å². The quantitative estimate of drug-likeness (QED) is 0.0345. The van der Waals surface area contributed by atoms with E-state index >= 15 is 0 Å². The van der Waals surface area contributed by atoms with Crippen molar-refractivity contribution in [3.8, 4) is 0 Å². The van der Waals surface area contributed by atoms with E-state index in [2.05, 4.69) is 20.8 Å². The van der Waals surface area contributed by atoms with Gasteiger partial charge in [0.1, 0.15) is 13.2 Å². The zero-order valence-electron chi connectivity index (χ0n) is 40.8. The summed E-state index contributed by atoms with van der Waals surface area (Å²) in [5, 5.41) is 0. The Morgan fingerprint density at radius 1 is 0.267 bits per heavy atom. The van der Waals surface area contributed by atoms with E-state index in [1.54, 1.807) is 0 Å². The molecule has 1 atom stereocenters. The smallest absolute Gasteiger partial charge is 0.306 e. The van der Waals surface area contributed by atoms with Crippen molar-refractivity contribution in [3.63, 3.8) is 0 Å². The molecule has 0 rings (SSSR count). The van der Waals surface area contributed by atoms with Crippen LogP contribution in [0, 0.1) is 0 Å². The zero-order chi connectivity index (χ0) is 43.7. The second-order valence-corrected chi connectivity index (χ2v) is 18.5. The number of ether oxygens (including phenoxy) is 3. The van der Waals surface area contributed by atoms with Crippen LogP contribution in [-0.2, 0) is 28.6 Å². The summed E-state index contributed by atoms with van der Waals surface area (Å²) >= 11 is 0. The molecule has 0 aliphatic rings. The van der Waals surface area contributed by atoms with E-state index in [1.807, 2.05) is 0 Å². The lowest BCUT2D eigenvalue weighted by Gasteiger charge is -2.18. The zero-order valence-corrected chi connectivity index (χ0v) is 40.8. The minimum absolute atomic E-state index is 0.0616. The standard InChI is InChI=1S/C54H104O6/c1-4-7-10-13-16-19-22-24-26-28-30-32-35-38-41-44-47-53(56)59-50-51(49-58-52(55)46-43-40-37-34-21-18-15-12-9-6-3)60-54(57)48-45-42-39-36-33-31-29-27-25-23-20-17-14-11-8-5-2/h51H,4-50H2,1-3H3/t51-/m1/s1. The van der Waals surface area contributed by atoms with Crippen LogP contribution in [0.5, 0.6) is 0 Å². The van der Waals surface area contributed by atoms with Crippen LogP contribution >= 0.6 is 0 Å². The summed E-state index contributed by atoms with van der Waals surface area (Å²) in [5.74, 6) is -0.839. The van der Waals surface area contributed by atoms with Crippen LogP contribution in [0.4, 0.5) is 0 Å². The average Bonchev–Trinajstić information content (AvgIpc) is 3.24. The molecule has 6 heteroatoms. The van der Waals surface area contributed by atoms with Crippen LogP contribution in [0.3, 0.4) is 0 Å². The summed E-state index contributed by atoms with van der Waals surface area (Å²) in [7, 11) is 0. The molecule has 0 saturated carbocycles. The Balaban J connectivity index is 4.26. The van der Waals surface area contributed by atoms with Crippen molar-refractivity contribution in [2.24, 2.45) is 0 Å². The van der Waals surface area contributed by atoms with E-state index in [4.69, 9.17) is 14.2 Å². The van der Waals surface area contributed by atoms with E-state index in [9.17, 15) is 14.4 Å². The molecular formula is C54H104O6. The molecule has 0 radical (unpaired) electrons. The van der Waals surface area contributed by atoms with Crippen LogP contribution < -0.4 is 0 Å². The van der Waals surface area contributed by atoms with Crippen molar-refractivity contribution in [2.75, 3.05) is 13.2 Å². The lowest BCUT2D eigenvalue weighted by Crippen LogP contribution is -2.30. The van der Waals surface area contributed by atoms with Gasteiger partial charge in [0, 0.05) is 19.3 Å². The minimum Gasteiger partial charge on any atom is -0.462 e. The molecule has 0 spiro atoms. The Bertz CT molecular complexity index is 889. The topological polar surface area (TPSA) is 78.9 Å². The van der Waals surface area contributed by atoms with Gasteiger partial charge < -0.3 is 14.2 Å². The largest absolute Gasteiger partial charge is 0.462 e. The van der Waals surface area contributed by atoms with Crippen LogP contribution in [-0.4, -0.2) is 37.2 Å². The Morgan fingerprint density at radius 2 is 0.450 bits per heavy atom. The molecule has 0 aromatic carbocycles. The SMILES string of the molecule is CCCCCCCCCCCCCCCCCCC(=O)OC[C@@H](COC(=O)CCCCCCCCCCCC)OC(=O)CCCCCCCCCCCCCCCCCC. The van der Waals surface area contributed by atoms with Gasteiger partial charge in [-0.1, -0.05) is 271 Å². The molecule has 0 bridgehead atoms. The monoisotopic (exact) mass is 849 g/mol. The maximum Gasteiger partial charge on any atom is 0.306 e. The molecule has 356 valence electrons. The lowest BCUT2D eigenvalue weighted by atomic mass is 10.0. The molecule has 0 saturated heterocycles. The second kappa shape index (κ2) is 50.1. The molecule has 0 fully saturated rings. The highest BCUT2D eigenvalue weighted by molar-refractivity contribution is 5.71. The minimum atomic E-state index is -0.759. The van der Waals surface area contributed by atoms with Gasteiger partial charge in [-0.05, 0) is 19.3 Å². The van der Waals surface area contributed by atoms with Crippen LogP contribution in [0.1, 0.15) is 310 Å². The van der Waals surface area contributed by atoms with Crippen LogP contribution in [0.15, 0.2) is 0 Å². The fourth-order valence-electron chi connectivity index (χ4n) is 8.27. The summed E-state index contributed by atoms with van der Waals surface area (Å²) in [5.41, 5.74) is 0. The molecule has 0 heterocycles. The van der Waals surface area contributed by atoms with Crippen molar-refractivity contribution >= 4 is 17.9 Å². The number of hydrogen-bond donors (Lipinski definition) is 0. The molecule has 0 aromatic heterocycles. The first-order chi connectivity index (χ1) is 29.5. The highest BCUT2D eigenvalue weighted by Crippen LogP contribution is 2.17. The van der Waals surface area contributed by atoms with Gasteiger partial charge in [0.05, 0.1) is 0 Å². The summed E-state index contributed by atoms with van der Waals surface area (Å²) in [4.78, 5) is 37.9. The number of esters is 3. The molecule has 0 unspecified atom stereocenters. The van der Waals surface area contributed by atoms with Gasteiger partial charge in [-0.3, -0.25) is 14.4 Å². The van der Waals surface area contributed by atoms with Crippen LogP contribution in [0.2, 0.25) is 0 Å². The highest BCUT2D eigenvalue weighted by Gasteiger charge is 2.19. The first-order valence-corrected chi connectivity index (χ1v) is 27.0. The van der Waals surface area contributed by atoms with E-state index in [0.717, 1.165) is 57.8 Å². The molecule has 0 aliphatic heterocycles. The van der Waals surface area contributed by atoms with E-state index in [0.29, 0.717) is 19.3 Å². The Morgan fingerprint density at radius 3 is 0.667 bits per heavy atom. The fraction of sp³-hybridized carbons (Fsp3) is 0.944. The third-order valence-electron chi connectivity index (χ3n) is 12.4. The fourth-order valence-corrected chi connectivity index (χ4v) is 8.27. The predicted octanol–water partition coefficient (Wildman–Crippen LogP) is 17.6. The highest BCUT2D eigenvalue weighted by atomic mass is 16.6. The van der Waals surface area contributed by atoms with Crippen molar-refractivity contribution in [1.82, 2.24) is 0 Å². The van der Waals surface area contributed by atoms with Gasteiger partial charge in [-0.25, -0.2) is 0 Å². The number of rotatable bonds is 50. The van der Waals surface area contributed by atoms with Gasteiger partial charge in [-0.15, -0.1) is 0 Å². The molecule has 0 N–H and O–H groups in total. The first kappa shape index (κ1) is 58.4. The van der Waals surface area contributed by atoms with E-state index < -0.39 is 6.10 Å². The van der Waals surface area contributed by atoms with E-state index in [1.165, 1.54) is 212 Å². The number of unbranched alkanes of at least 4 members (excludes halogenated alkanes) is 39. The lowest BCUT2D eigenvalue weighted by molar-refractivity contribution is -0.167. The summed E-state index contributed by atoms with van der Waals surface area (Å²) in [6, 6.07) is 0. The maximum absolute atomic E-state index is 12.8. The third-order valence-corrected chi connectivity index (χ3v) is 12.4. The average molecular weight is 849 g/mol. The molecule has 0 aromatic rings. The third kappa shape index (κ3) is 47.5. The second-order valence-electron chi connectivity index (χ2n) is 18.5. The van der Waals surface area contributed by atoms with Gasteiger partial charge in [0.25, 0.3) is 0 Å². The Labute approximate surface area is 374 Å². The molecule has 0 amide bonds. The van der Waals surface area contributed by atoms with Crippen molar-refractivity contribution in [3.05, 3.63) is 0 Å². The van der Waals surface area contributed by atoms with Crippen molar-refractivity contribution in [1.29, 1.82) is 0 Å². The van der Waals surface area contributed by atoms with Crippen molar-refractivity contribution in [2.45, 2.75) is 316 Å². The Kier molecular flexibility index (Phi) is 48.7. The molecule has 0 aliphatic carbocycles. The Hall–Kier alpha value is -1.59. The molecule has 6 nitrogen and oxygen atoms in total.